The monoisotopic (exact) mass is 285 g/mol. The summed E-state index contributed by atoms with van der Waals surface area (Å²) in [5, 5.41) is 3.36. The summed E-state index contributed by atoms with van der Waals surface area (Å²) in [5.74, 6) is 0.867. The molecule has 21 heavy (non-hydrogen) atoms. The summed E-state index contributed by atoms with van der Waals surface area (Å²) in [6.07, 6.45) is 1.95. The van der Waals surface area contributed by atoms with Gasteiger partial charge in [0.1, 0.15) is 5.75 Å². The van der Waals surface area contributed by atoms with Crippen molar-refractivity contribution in [2.45, 2.75) is 20.4 Å². The topological polar surface area (TPSA) is 37.4 Å². The summed E-state index contributed by atoms with van der Waals surface area (Å²) in [7, 11) is 3.76. The molecule has 0 saturated carbocycles. The van der Waals surface area contributed by atoms with Crippen LogP contribution >= 0.6 is 0 Å². The molecule has 0 aliphatic heterocycles. The van der Waals surface area contributed by atoms with Gasteiger partial charge in [0.15, 0.2) is 0 Å². The third kappa shape index (κ3) is 3.73. The van der Waals surface area contributed by atoms with Crippen LogP contribution in [0.5, 0.6) is 5.75 Å². The fourth-order valence-electron chi connectivity index (χ4n) is 2.23. The number of nitrogens with one attached hydrogen (secondary N) is 1. The zero-order valence-corrected chi connectivity index (χ0v) is 13.2. The van der Waals surface area contributed by atoms with E-state index < -0.39 is 0 Å². The highest BCUT2D eigenvalue weighted by Crippen LogP contribution is 2.28. The zero-order chi connectivity index (χ0) is 15.2. The van der Waals surface area contributed by atoms with Crippen LogP contribution in [-0.4, -0.2) is 25.7 Å². The number of methoxy groups -OCH3 is 1. The number of nitrogens with zero attached hydrogens (tertiary/aromatic N) is 2. The first-order chi connectivity index (χ1) is 10.2. The number of hydrogen-bond acceptors (Lipinski definition) is 4. The van der Waals surface area contributed by atoms with E-state index in [-0.39, 0.29) is 0 Å². The average molecular weight is 285 g/mol. The van der Waals surface area contributed by atoms with Crippen molar-refractivity contribution < 1.29 is 4.74 Å². The first-order valence-electron chi connectivity index (χ1n) is 7.19. The Labute approximate surface area is 126 Å². The smallest absolute Gasteiger partial charge is 0.119 e. The van der Waals surface area contributed by atoms with Gasteiger partial charge in [-0.1, -0.05) is 6.92 Å². The lowest BCUT2D eigenvalue weighted by atomic mass is 10.1. The largest absolute Gasteiger partial charge is 0.497 e. The second kappa shape index (κ2) is 7.09. The van der Waals surface area contributed by atoms with E-state index in [4.69, 9.17) is 4.74 Å². The van der Waals surface area contributed by atoms with Gasteiger partial charge >= 0.3 is 0 Å². The summed E-state index contributed by atoms with van der Waals surface area (Å²) in [4.78, 5) is 6.59. The molecule has 1 heterocycles. The van der Waals surface area contributed by atoms with Crippen molar-refractivity contribution in [3.8, 4) is 5.75 Å². The fraction of sp³-hybridized carbons (Fsp3) is 0.353. The maximum absolute atomic E-state index is 5.21. The third-order valence-corrected chi connectivity index (χ3v) is 3.49. The highest BCUT2D eigenvalue weighted by Gasteiger charge is 2.10. The number of benzene rings is 1. The van der Waals surface area contributed by atoms with Gasteiger partial charge in [0.25, 0.3) is 0 Å². The normalized spacial score (nSPS) is 10.5. The van der Waals surface area contributed by atoms with Crippen LogP contribution in [0.15, 0.2) is 36.5 Å². The molecule has 2 rings (SSSR count). The summed E-state index contributed by atoms with van der Waals surface area (Å²) >= 11 is 0. The number of ether oxygens (including phenoxy) is 1. The van der Waals surface area contributed by atoms with E-state index in [0.29, 0.717) is 0 Å². The molecule has 4 nitrogen and oxygen atoms in total. The van der Waals surface area contributed by atoms with Gasteiger partial charge in [0.2, 0.25) is 0 Å². The van der Waals surface area contributed by atoms with E-state index in [2.05, 4.69) is 47.4 Å². The molecule has 1 aromatic heterocycles. The molecule has 2 aromatic rings. The van der Waals surface area contributed by atoms with Gasteiger partial charge in [-0.25, -0.2) is 0 Å². The predicted molar refractivity (Wildman–Crippen MR) is 87.4 cm³/mol. The summed E-state index contributed by atoms with van der Waals surface area (Å²) in [6, 6.07) is 10.2. The Bertz CT molecular complexity index is 581. The first kappa shape index (κ1) is 15.3. The lowest BCUT2D eigenvalue weighted by Gasteiger charge is -2.23. The molecule has 0 saturated heterocycles. The molecule has 0 atom stereocenters. The van der Waals surface area contributed by atoms with Crippen LogP contribution in [0.4, 0.5) is 11.4 Å². The van der Waals surface area contributed by atoms with Crippen molar-refractivity contribution in [1.29, 1.82) is 0 Å². The van der Waals surface area contributed by atoms with Gasteiger partial charge in [0, 0.05) is 42.4 Å². The maximum atomic E-state index is 5.21. The lowest BCUT2D eigenvalue weighted by Crippen LogP contribution is -2.17. The van der Waals surface area contributed by atoms with E-state index in [9.17, 15) is 0 Å². The number of pyridine rings is 1. The molecule has 0 aliphatic rings. The van der Waals surface area contributed by atoms with Gasteiger partial charge in [-0.2, -0.15) is 0 Å². The van der Waals surface area contributed by atoms with Crippen molar-refractivity contribution in [1.82, 2.24) is 10.3 Å². The molecule has 112 valence electrons. The molecule has 1 aromatic carbocycles. The average Bonchev–Trinajstić information content (AvgIpc) is 2.53. The predicted octanol–water partition coefficient (Wildman–Crippen LogP) is 3.28. The van der Waals surface area contributed by atoms with E-state index in [0.717, 1.165) is 30.2 Å². The Hall–Kier alpha value is -2.07. The molecule has 1 N–H and O–H groups in total. The van der Waals surface area contributed by atoms with Crippen molar-refractivity contribution in [2.24, 2.45) is 0 Å². The molecule has 0 aliphatic carbocycles. The van der Waals surface area contributed by atoms with Crippen LogP contribution in [0, 0.1) is 6.92 Å². The third-order valence-electron chi connectivity index (χ3n) is 3.49. The van der Waals surface area contributed by atoms with Crippen LogP contribution in [0.25, 0.3) is 0 Å². The molecule has 0 unspecified atom stereocenters. The second-order valence-electron chi connectivity index (χ2n) is 4.99. The number of anilines is 2. The van der Waals surface area contributed by atoms with Crippen molar-refractivity contribution >= 4 is 11.4 Å². The number of hydrogen-bond donors (Lipinski definition) is 1. The maximum Gasteiger partial charge on any atom is 0.119 e. The van der Waals surface area contributed by atoms with Crippen LogP contribution in [0.3, 0.4) is 0 Å². The van der Waals surface area contributed by atoms with Gasteiger partial charge in [-0.05, 0) is 43.8 Å². The lowest BCUT2D eigenvalue weighted by molar-refractivity contribution is 0.415. The fourth-order valence-corrected chi connectivity index (χ4v) is 2.23. The van der Waals surface area contributed by atoms with Crippen LogP contribution < -0.4 is 15.0 Å². The van der Waals surface area contributed by atoms with Crippen molar-refractivity contribution in [3.63, 3.8) is 0 Å². The van der Waals surface area contributed by atoms with Crippen LogP contribution in [0.2, 0.25) is 0 Å². The Morgan fingerprint density at radius 3 is 2.57 bits per heavy atom. The Morgan fingerprint density at radius 2 is 1.95 bits per heavy atom. The molecular formula is C17H23N3O. The Morgan fingerprint density at radius 1 is 1.24 bits per heavy atom. The van der Waals surface area contributed by atoms with Gasteiger partial charge in [0.05, 0.1) is 7.11 Å². The molecule has 0 radical (unpaired) electrons. The minimum Gasteiger partial charge on any atom is -0.497 e. The standard InChI is InChI=1S/C17H23N3O/c1-5-18-11-14-12-19-13(2)10-17(14)20(3)15-6-8-16(21-4)9-7-15/h6-10,12,18H,5,11H2,1-4H3. The quantitative estimate of drug-likeness (QED) is 0.884. The van der Waals surface area contributed by atoms with Crippen molar-refractivity contribution in [2.75, 3.05) is 25.6 Å². The summed E-state index contributed by atoms with van der Waals surface area (Å²) in [6.45, 7) is 5.88. The Kier molecular flexibility index (Phi) is 5.17. The molecule has 0 spiro atoms. The zero-order valence-electron chi connectivity index (χ0n) is 13.2. The molecule has 4 heteroatoms. The molecule has 0 bridgehead atoms. The highest BCUT2D eigenvalue weighted by molar-refractivity contribution is 5.66. The molecular weight excluding hydrogens is 262 g/mol. The first-order valence-corrected chi connectivity index (χ1v) is 7.19. The van der Waals surface area contributed by atoms with Crippen LogP contribution in [0.1, 0.15) is 18.2 Å². The number of aromatic nitrogens is 1. The molecule has 0 fully saturated rings. The second-order valence-corrected chi connectivity index (χ2v) is 4.99. The highest BCUT2D eigenvalue weighted by atomic mass is 16.5. The summed E-state index contributed by atoms with van der Waals surface area (Å²) < 4.78 is 5.21. The number of aryl methyl sites for hydroxylation is 1. The van der Waals surface area contributed by atoms with Crippen molar-refractivity contribution in [3.05, 3.63) is 47.8 Å². The molecule has 0 amide bonds. The van der Waals surface area contributed by atoms with Crippen LogP contribution in [-0.2, 0) is 6.54 Å². The van der Waals surface area contributed by atoms with Gasteiger partial charge < -0.3 is 15.0 Å². The van der Waals surface area contributed by atoms with E-state index in [1.54, 1.807) is 7.11 Å². The van der Waals surface area contributed by atoms with Gasteiger partial charge in [-0.15, -0.1) is 0 Å². The Balaban J connectivity index is 2.31. The minimum atomic E-state index is 0.819. The van der Waals surface area contributed by atoms with E-state index in [1.807, 2.05) is 25.3 Å². The van der Waals surface area contributed by atoms with Gasteiger partial charge in [-0.3, -0.25) is 4.98 Å². The number of rotatable bonds is 6. The minimum absolute atomic E-state index is 0.819. The van der Waals surface area contributed by atoms with E-state index in [1.165, 1.54) is 11.3 Å². The SMILES string of the molecule is CCNCc1cnc(C)cc1N(C)c1ccc(OC)cc1. The summed E-state index contributed by atoms with van der Waals surface area (Å²) in [5.41, 5.74) is 4.51. The van der Waals surface area contributed by atoms with E-state index >= 15 is 0 Å².